The Balaban J connectivity index is 1.58. The molecular weight excluding hydrogens is 527 g/mol. The monoisotopic (exact) mass is 546 g/mol. The summed E-state index contributed by atoms with van der Waals surface area (Å²) in [5.41, 5.74) is 7.43. The first-order valence-electron chi connectivity index (χ1n) is 9.05. The second-order valence-electron chi connectivity index (χ2n) is 6.95. The molecule has 0 saturated carbocycles. The Morgan fingerprint density at radius 1 is 0.964 bits per heavy atom. The van der Waals surface area contributed by atoms with Crippen LogP contribution in [-0.2, 0) is 6.42 Å². The van der Waals surface area contributed by atoms with Gasteiger partial charge in [-0.25, -0.2) is 0 Å². The first-order chi connectivity index (χ1) is 13.5. The highest BCUT2D eigenvalue weighted by Gasteiger charge is 2.15. The lowest BCUT2D eigenvalue weighted by Gasteiger charge is -2.10. The molecule has 1 unspecified atom stereocenters. The molecule has 0 fully saturated rings. The van der Waals surface area contributed by atoms with E-state index in [0.717, 1.165) is 33.7 Å². The highest BCUT2D eigenvalue weighted by atomic mass is 127. The van der Waals surface area contributed by atoms with E-state index in [1.54, 1.807) is 0 Å². The van der Waals surface area contributed by atoms with E-state index in [1.807, 2.05) is 43.3 Å². The van der Waals surface area contributed by atoms with Gasteiger partial charge in [0.05, 0.1) is 4.60 Å². The molecule has 0 aliphatic carbocycles. The number of H-pyrrole nitrogens is 2. The normalized spacial score (nSPS) is 12.3. The van der Waals surface area contributed by atoms with Crippen LogP contribution < -0.4 is 0 Å². The summed E-state index contributed by atoms with van der Waals surface area (Å²) in [6, 6.07) is 22.6. The first kappa shape index (κ1) is 19.5. The zero-order valence-electron chi connectivity index (χ0n) is 15.3. The summed E-state index contributed by atoms with van der Waals surface area (Å²) in [5.74, 6) is 0. The number of aromatic amines is 2. The minimum Gasteiger partial charge on any atom is -0.382 e. The Hall–Kier alpha value is -1.83. The maximum absolute atomic E-state index is 10.7. The van der Waals surface area contributed by atoms with Gasteiger partial charge in [0.2, 0.25) is 0 Å². The lowest BCUT2D eigenvalue weighted by Crippen LogP contribution is -2.01. The second-order valence-corrected chi connectivity index (χ2v) is 9.05. The van der Waals surface area contributed by atoms with Crippen LogP contribution in [0.5, 0.6) is 0 Å². The van der Waals surface area contributed by atoms with Crippen LogP contribution in [-0.4, -0.2) is 15.1 Å². The van der Waals surface area contributed by atoms with Gasteiger partial charge in [-0.2, -0.15) is 0 Å². The maximum Gasteiger partial charge on any atom is 0.119 e. The summed E-state index contributed by atoms with van der Waals surface area (Å²) in [6.45, 7) is 2.04. The molecule has 3 N–H and O–H groups in total. The fourth-order valence-corrected chi connectivity index (χ4v) is 4.16. The van der Waals surface area contributed by atoms with Crippen LogP contribution >= 0.6 is 38.5 Å². The number of aliphatic hydroxyl groups is 1. The van der Waals surface area contributed by atoms with Crippen molar-refractivity contribution in [2.24, 2.45) is 0 Å². The number of hydrogen-bond donors (Lipinski definition) is 3. The molecule has 4 rings (SSSR count). The van der Waals surface area contributed by atoms with E-state index in [4.69, 9.17) is 0 Å². The van der Waals surface area contributed by atoms with Gasteiger partial charge in [0.15, 0.2) is 0 Å². The molecule has 3 nitrogen and oxygen atoms in total. The molecule has 4 aromatic rings. The molecule has 142 valence electrons. The number of rotatable bonds is 5. The predicted octanol–water partition coefficient (Wildman–Crippen LogP) is 6.36. The zero-order chi connectivity index (χ0) is 19.7. The van der Waals surface area contributed by atoms with Crippen molar-refractivity contribution in [1.29, 1.82) is 0 Å². The number of nitrogens with one attached hydrogen (secondary N) is 2. The van der Waals surface area contributed by atoms with Crippen LogP contribution in [0.2, 0.25) is 0 Å². The van der Waals surface area contributed by atoms with Crippen molar-refractivity contribution in [2.75, 3.05) is 0 Å². The molecule has 1 atom stereocenters. The molecule has 0 radical (unpaired) electrons. The van der Waals surface area contributed by atoms with Crippen LogP contribution in [0.1, 0.15) is 34.3 Å². The average Bonchev–Trinajstić information content (AvgIpc) is 3.29. The lowest BCUT2D eigenvalue weighted by atomic mass is 10.0. The van der Waals surface area contributed by atoms with Gasteiger partial charge >= 0.3 is 0 Å². The molecule has 0 aliphatic heterocycles. The van der Waals surface area contributed by atoms with Crippen LogP contribution in [0, 0.1) is 10.5 Å². The summed E-state index contributed by atoms with van der Waals surface area (Å²) in [7, 11) is 0. The smallest absolute Gasteiger partial charge is 0.119 e. The van der Waals surface area contributed by atoms with Gasteiger partial charge in [-0.1, -0.05) is 42.0 Å². The molecular formula is C23H20BrIN2O. The Labute approximate surface area is 186 Å². The van der Waals surface area contributed by atoms with Gasteiger partial charge < -0.3 is 15.1 Å². The number of aryl methyl sites for hydroxylation is 1. The van der Waals surface area contributed by atoms with Crippen molar-refractivity contribution >= 4 is 38.5 Å². The molecule has 0 spiro atoms. The summed E-state index contributed by atoms with van der Waals surface area (Å²) in [5, 5.41) is 10.7. The van der Waals surface area contributed by atoms with Gasteiger partial charge in [-0.15, -0.1) is 0 Å². The minimum atomic E-state index is -0.652. The number of aliphatic hydroxyl groups excluding tert-OH is 1. The fraction of sp³-hybridized carbons (Fsp3) is 0.130. The molecule has 0 bridgehead atoms. The quantitative estimate of drug-likeness (QED) is 0.251. The van der Waals surface area contributed by atoms with E-state index >= 15 is 0 Å². The Bertz CT molecular complexity index is 1080. The molecule has 28 heavy (non-hydrogen) atoms. The third kappa shape index (κ3) is 4.26. The molecule has 2 heterocycles. The Morgan fingerprint density at radius 2 is 1.68 bits per heavy atom. The molecule has 2 aromatic heterocycles. The molecule has 0 amide bonds. The number of halogens is 2. The predicted molar refractivity (Wildman–Crippen MR) is 125 cm³/mol. The van der Waals surface area contributed by atoms with Gasteiger partial charge in [0, 0.05) is 32.6 Å². The largest absolute Gasteiger partial charge is 0.382 e. The van der Waals surface area contributed by atoms with Crippen molar-refractivity contribution in [3.8, 4) is 11.1 Å². The molecule has 0 saturated heterocycles. The van der Waals surface area contributed by atoms with E-state index in [2.05, 4.69) is 78.8 Å². The molecule has 0 aliphatic rings. The van der Waals surface area contributed by atoms with Crippen molar-refractivity contribution in [2.45, 2.75) is 19.4 Å². The summed E-state index contributed by atoms with van der Waals surface area (Å²) in [4.78, 5) is 6.80. The van der Waals surface area contributed by atoms with E-state index in [-0.39, 0.29) is 0 Å². The Morgan fingerprint density at radius 3 is 2.39 bits per heavy atom. The van der Waals surface area contributed by atoms with E-state index in [1.165, 1.54) is 20.3 Å². The SMILES string of the molecule is Cc1ccc(C(O)c2ccc(Cc3[nH]c(Br)cc3-c3ccc(I)cc3)[nH]2)cc1. The van der Waals surface area contributed by atoms with Crippen LogP contribution in [0.3, 0.4) is 0 Å². The van der Waals surface area contributed by atoms with Crippen molar-refractivity contribution < 1.29 is 5.11 Å². The second kappa shape index (κ2) is 8.27. The minimum absolute atomic E-state index is 0.652. The van der Waals surface area contributed by atoms with Crippen LogP contribution in [0.15, 0.2) is 71.3 Å². The third-order valence-corrected chi connectivity index (χ3v) is 5.99. The number of aromatic nitrogens is 2. The number of hydrogen-bond acceptors (Lipinski definition) is 1. The zero-order valence-corrected chi connectivity index (χ0v) is 19.1. The van der Waals surface area contributed by atoms with Crippen molar-refractivity contribution in [1.82, 2.24) is 9.97 Å². The van der Waals surface area contributed by atoms with Gasteiger partial charge in [-0.05, 0) is 86.9 Å². The van der Waals surface area contributed by atoms with Crippen molar-refractivity contribution in [3.63, 3.8) is 0 Å². The van der Waals surface area contributed by atoms with Crippen molar-refractivity contribution in [3.05, 3.63) is 103 Å². The first-order valence-corrected chi connectivity index (χ1v) is 10.9. The summed E-state index contributed by atoms with van der Waals surface area (Å²) in [6.07, 6.45) is 0.0773. The van der Waals surface area contributed by atoms with E-state index in [0.29, 0.717) is 0 Å². The van der Waals surface area contributed by atoms with Gasteiger partial charge in [0.1, 0.15) is 6.10 Å². The van der Waals surface area contributed by atoms with E-state index in [9.17, 15) is 5.11 Å². The maximum atomic E-state index is 10.7. The van der Waals surface area contributed by atoms with E-state index < -0.39 is 6.10 Å². The third-order valence-electron chi connectivity index (χ3n) is 4.85. The Kier molecular flexibility index (Phi) is 5.75. The fourth-order valence-electron chi connectivity index (χ4n) is 3.33. The lowest BCUT2D eigenvalue weighted by molar-refractivity contribution is 0.216. The molecule has 5 heteroatoms. The number of benzene rings is 2. The van der Waals surface area contributed by atoms with Gasteiger partial charge in [0.25, 0.3) is 0 Å². The highest BCUT2D eigenvalue weighted by Crippen LogP contribution is 2.30. The highest BCUT2D eigenvalue weighted by molar-refractivity contribution is 14.1. The van der Waals surface area contributed by atoms with Crippen LogP contribution in [0.4, 0.5) is 0 Å². The molecule has 2 aromatic carbocycles. The summed E-state index contributed by atoms with van der Waals surface area (Å²) < 4.78 is 2.18. The van der Waals surface area contributed by atoms with Gasteiger partial charge in [-0.3, -0.25) is 0 Å². The average molecular weight is 547 g/mol. The standard InChI is InChI=1S/C23H20BrIN2O/c1-14-2-4-16(5-3-14)23(28)20-11-10-18(26-20)12-21-19(13-22(24)27-21)15-6-8-17(25)9-7-15/h2-11,13,23,26-28H,12H2,1H3. The summed E-state index contributed by atoms with van der Waals surface area (Å²) >= 11 is 5.88. The topological polar surface area (TPSA) is 51.8 Å². The van der Waals surface area contributed by atoms with Crippen LogP contribution in [0.25, 0.3) is 11.1 Å².